The van der Waals surface area contributed by atoms with Crippen molar-refractivity contribution in [3.63, 3.8) is 0 Å². The van der Waals surface area contributed by atoms with Gasteiger partial charge < -0.3 is 9.67 Å². The molecule has 0 saturated carbocycles. The lowest BCUT2D eigenvalue weighted by Gasteiger charge is -2.16. The molecule has 0 amide bonds. The van der Waals surface area contributed by atoms with Crippen LogP contribution in [0.25, 0.3) is 33.2 Å². The van der Waals surface area contributed by atoms with E-state index in [1.807, 2.05) is 6.07 Å². The second-order valence-electron chi connectivity index (χ2n) is 6.02. The van der Waals surface area contributed by atoms with Crippen LogP contribution in [0.5, 0.6) is 0 Å². The molecule has 2 aromatic rings. The van der Waals surface area contributed by atoms with E-state index in [2.05, 4.69) is 55.8 Å². The van der Waals surface area contributed by atoms with Crippen molar-refractivity contribution in [3.05, 3.63) is 53.1 Å². The average Bonchev–Trinajstić information content (AvgIpc) is 2.91. The van der Waals surface area contributed by atoms with Crippen LogP contribution >= 0.6 is 0 Å². The zero-order valence-electron chi connectivity index (χ0n) is 13.0. The summed E-state index contributed by atoms with van der Waals surface area (Å²) in [5, 5.41) is 11.8. The number of aliphatic hydroxyl groups is 1. The standard InChI is InChI=1S/C19H18N2O/c1-11-4-6-16-15(8-11)18-12(2)14-9-13(10-22)5-7-17(14)21(3)19(18)20-16/h4-9,22H,10H2,1-3H3. The Morgan fingerprint density at radius 2 is 1.86 bits per heavy atom. The molecule has 0 unspecified atom stereocenters. The smallest absolute Gasteiger partial charge is 0.141 e. The molecule has 0 spiro atoms. The van der Waals surface area contributed by atoms with Crippen molar-refractivity contribution < 1.29 is 5.11 Å². The summed E-state index contributed by atoms with van der Waals surface area (Å²) in [4.78, 5) is 4.82. The quantitative estimate of drug-likeness (QED) is 0.576. The predicted octanol–water partition coefficient (Wildman–Crippen LogP) is 3.94. The second kappa shape index (κ2) is 4.55. The van der Waals surface area contributed by atoms with Gasteiger partial charge in [-0.2, -0.15) is 0 Å². The van der Waals surface area contributed by atoms with Crippen LogP contribution in [-0.2, 0) is 13.7 Å². The van der Waals surface area contributed by atoms with E-state index in [9.17, 15) is 5.11 Å². The van der Waals surface area contributed by atoms with E-state index in [1.165, 1.54) is 27.5 Å². The first-order chi connectivity index (χ1) is 10.6. The van der Waals surface area contributed by atoms with Crippen LogP contribution in [0, 0.1) is 13.8 Å². The Bertz CT molecular complexity index is 998. The predicted molar refractivity (Wildman–Crippen MR) is 90.2 cm³/mol. The first kappa shape index (κ1) is 13.3. The van der Waals surface area contributed by atoms with E-state index in [0.29, 0.717) is 0 Å². The van der Waals surface area contributed by atoms with E-state index < -0.39 is 0 Å². The number of hydrogen-bond donors (Lipinski definition) is 1. The third-order valence-electron chi connectivity index (χ3n) is 4.57. The number of rotatable bonds is 1. The molecule has 0 fully saturated rings. The summed E-state index contributed by atoms with van der Waals surface area (Å²) in [5.74, 6) is 1.02. The fraction of sp³-hybridized carbons (Fsp3) is 0.211. The highest BCUT2D eigenvalue weighted by Gasteiger charge is 2.20. The van der Waals surface area contributed by atoms with Gasteiger partial charge in [-0.3, -0.25) is 0 Å². The van der Waals surface area contributed by atoms with E-state index in [-0.39, 0.29) is 6.61 Å². The molecule has 2 aliphatic rings. The van der Waals surface area contributed by atoms with Crippen LogP contribution in [0.15, 0.2) is 36.4 Å². The van der Waals surface area contributed by atoms with Gasteiger partial charge in [-0.1, -0.05) is 17.7 Å². The Morgan fingerprint density at radius 3 is 2.64 bits per heavy atom. The normalized spacial score (nSPS) is 11.8. The molecule has 22 heavy (non-hydrogen) atoms. The van der Waals surface area contributed by atoms with Gasteiger partial charge >= 0.3 is 0 Å². The van der Waals surface area contributed by atoms with Gasteiger partial charge in [0.1, 0.15) is 5.82 Å². The molecule has 110 valence electrons. The molecule has 0 saturated heterocycles. The minimum absolute atomic E-state index is 0.0657. The van der Waals surface area contributed by atoms with Crippen LogP contribution < -0.4 is 0 Å². The van der Waals surface area contributed by atoms with Crippen molar-refractivity contribution in [2.45, 2.75) is 20.5 Å². The lowest BCUT2D eigenvalue weighted by molar-refractivity contribution is 0.282. The van der Waals surface area contributed by atoms with Crippen molar-refractivity contribution in [1.82, 2.24) is 9.55 Å². The molecular formula is C19H18N2O. The van der Waals surface area contributed by atoms with Crippen LogP contribution in [0.3, 0.4) is 0 Å². The van der Waals surface area contributed by atoms with Crippen LogP contribution in [-0.4, -0.2) is 14.7 Å². The summed E-state index contributed by atoms with van der Waals surface area (Å²) in [7, 11) is 2.06. The number of pyridine rings is 1. The number of aliphatic hydroxyl groups excluding tert-OH is 1. The summed E-state index contributed by atoms with van der Waals surface area (Å²) in [6.45, 7) is 4.32. The molecule has 0 aliphatic carbocycles. The largest absolute Gasteiger partial charge is 0.392 e. The summed E-state index contributed by atoms with van der Waals surface area (Å²) in [5.41, 5.74) is 6.80. The molecule has 3 nitrogen and oxygen atoms in total. The number of aromatic nitrogens is 2. The molecule has 2 heterocycles. The summed E-state index contributed by atoms with van der Waals surface area (Å²) >= 11 is 0. The second-order valence-corrected chi connectivity index (χ2v) is 6.02. The molecule has 2 aromatic carbocycles. The minimum Gasteiger partial charge on any atom is -0.392 e. The molecule has 4 rings (SSSR count). The molecular weight excluding hydrogens is 272 g/mol. The fourth-order valence-corrected chi connectivity index (χ4v) is 3.37. The monoisotopic (exact) mass is 290 g/mol. The van der Waals surface area contributed by atoms with E-state index >= 15 is 0 Å². The molecule has 0 bridgehead atoms. The highest BCUT2D eigenvalue weighted by Crippen LogP contribution is 2.38. The number of aryl methyl sites for hydroxylation is 3. The van der Waals surface area contributed by atoms with Crippen molar-refractivity contribution in [1.29, 1.82) is 0 Å². The molecule has 0 radical (unpaired) electrons. The molecule has 2 aliphatic heterocycles. The molecule has 0 atom stereocenters. The number of hydrogen-bond acceptors (Lipinski definition) is 2. The maximum absolute atomic E-state index is 9.42. The van der Waals surface area contributed by atoms with Gasteiger partial charge in [0.25, 0.3) is 0 Å². The Labute approximate surface area is 129 Å². The van der Waals surface area contributed by atoms with Gasteiger partial charge in [0, 0.05) is 28.9 Å². The Hall–Kier alpha value is -2.39. The third-order valence-corrected chi connectivity index (χ3v) is 4.57. The van der Waals surface area contributed by atoms with Crippen molar-refractivity contribution in [2.75, 3.05) is 0 Å². The van der Waals surface area contributed by atoms with E-state index in [0.717, 1.165) is 22.4 Å². The summed E-state index contributed by atoms with van der Waals surface area (Å²) in [6, 6.07) is 12.5. The zero-order valence-corrected chi connectivity index (χ0v) is 13.0. The fourth-order valence-electron chi connectivity index (χ4n) is 3.37. The minimum atomic E-state index is 0.0657. The van der Waals surface area contributed by atoms with Crippen LogP contribution in [0.2, 0.25) is 0 Å². The summed E-state index contributed by atoms with van der Waals surface area (Å²) in [6.07, 6.45) is 0. The molecule has 0 aromatic heterocycles. The highest BCUT2D eigenvalue weighted by molar-refractivity contribution is 6.03. The van der Waals surface area contributed by atoms with Gasteiger partial charge in [0.05, 0.1) is 12.1 Å². The van der Waals surface area contributed by atoms with Crippen LogP contribution in [0.4, 0.5) is 0 Å². The van der Waals surface area contributed by atoms with Gasteiger partial charge in [-0.05, 0) is 49.2 Å². The summed E-state index contributed by atoms with van der Waals surface area (Å²) < 4.78 is 2.15. The van der Waals surface area contributed by atoms with Gasteiger partial charge in [0.2, 0.25) is 0 Å². The number of nitrogens with zero attached hydrogens (tertiary/aromatic N) is 2. The van der Waals surface area contributed by atoms with Crippen LogP contribution in [0.1, 0.15) is 16.7 Å². The maximum Gasteiger partial charge on any atom is 0.141 e. The lowest BCUT2D eigenvalue weighted by atomic mass is 9.98. The highest BCUT2D eigenvalue weighted by atomic mass is 16.3. The van der Waals surface area contributed by atoms with E-state index in [1.54, 1.807) is 0 Å². The number of benzene rings is 2. The first-order valence-electron chi connectivity index (χ1n) is 7.49. The zero-order chi connectivity index (χ0) is 15.4. The van der Waals surface area contributed by atoms with Crippen molar-refractivity contribution in [3.8, 4) is 11.4 Å². The lowest BCUT2D eigenvalue weighted by Crippen LogP contribution is -2.02. The molecule has 3 heteroatoms. The van der Waals surface area contributed by atoms with Gasteiger partial charge in [-0.15, -0.1) is 0 Å². The first-order valence-corrected chi connectivity index (χ1v) is 7.49. The Morgan fingerprint density at radius 1 is 1.05 bits per heavy atom. The van der Waals surface area contributed by atoms with Crippen molar-refractivity contribution in [2.24, 2.45) is 7.05 Å². The maximum atomic E-state index is 9.42. The van der Waals surface area contributed by atoms with Crippen molar-refractivity contribution >= 4 is 21.8 Å². The van der Waals surface area contributed by atoms with Gasteiger partial charge in [-0.25, -0.2) is 4.98 Å². The van der Waals surface area contributed by atoms with E-state index in [4.69, 9.17) is 4.98 Å². The average molecular weight is 290 g/mol. The third kappa shape index (κ3) is 1.69. The topological polar surface area (TPSA) is 38.0 Å². The Balaban J connectivity index is 2.24. The SMILES string of the molecule is Cc1ccc2nc3n(C)c4ccc(CO)cc4c(C)c-3c2c1. The Kier molecular flexibility index (Phi) is 2.75. The van der Waals surface area contributed by atoms with Gasteiger partial charge in [0.15, 0.2) is 0 Å². The number of fused-ring (bicyclic) bond motifs is 4. The molecule has 1 N–H and O–H groups in total.